The molecule has 0 saturated heterocycles. The first kappa shape index (κ1) is 12.8. The maximum atomic E-state index is 10.7. The van der Waals surface area contributed by atoms with Crippen LogP contribution >= 0.6 is 23.4 Å². The predicted octanol–water partition coefficient (Wildman–Crippen LogP) is 2.62. The van der Waals surface area contributed by atoms with Crippen molar-refractivity contribution in [2.24, 2.45) is 0 Å². The molecule has 0 heterocycles. The molecule has 86 valence electrons. The van der Waals surface area contributed by atoms with Gasteiger partial charge in [-0.1, -0.05) is 0 Å². The zero-order valence-corrected chi connectivity index (χ0v) is 9.62. The number of halogens is 1. The minimum atomic E-state index is -1.18. The number of carboxylic acid groups (broad SMARTS) is 1. The Hall–Kier alpha value is -1.27. The van der Waals surface area contributed by atoms with Crippen LogP contribution in [0.1, 0.15) is 10.4 Å². The van der Waals surface area contributed by atoms with E-state index in [1.54, 1.807) is 0 Å². The van der Waals surface area contributed by atoms with E-state index in [2.05, 4.69) is 0 Å². The summed E-state index contributed by atoms with van der Waals surface area (Å²) in [5.74, 6) is -0.269. The molecule has 0 bridgehead atoms. The Morgan fingerprint density at radius 2 is 2.25 bits per heavy atom. The van der Waals surface area contributed by atoms with Crippen LogP contribution in [0.15, 0.2) is 23.1 Å². The van der Waals surface area contributed by atoms with Gasteiger partial charge in [-0.05, 0) is 12.1 Å². The molecule has 0 aliphatic heterocycles. The molecule has 1 aromatic rings. The summed E-state index contributed by atoms with van der Waals surface area (Å²) in [6.45, 7) is 0. The van der Waals surface area contributed by atoms with Crippen LogP contribution in [0, 0.1) is 10.1 Å². The van der Waals surface area contributed by atoms with Crippen LogP contribution in [-0.2, 0) is 0 Å². The highest BCUT2D eigenvalue weighted by molar-refractivity contribution is 7.99. The molecule has 5 nitrogen and oxygen atoms in total. The molecule has 0 unspecified atom stereocenters. The Bertz CT molecular complexity index is 424. The predicted molar refractivity (Wildman–Crippen MR) is 61.5 cm³/mol. The normalized spacial score (nSPS) is 10.1. The number of benzene rings is 1. The van der Waals surface area contributed by atoms with Crippen molar-refractivity contribution in [3.63, 3.8) is 0 Å². The molecule has 0 aliphatic carbocycles. The summed E-state index contributed by atoms with van der Waals surface area (Å²) in [6.07, 6.45) is 0. The van der Waals surface area contributed by atoms with Gasteiger partial charge in [-0.2, -0.15) is 0 Å². The molecule has 0 spiro atoms. The third-order valence-corrected chi connectivity index (χ3v) is 3.21. The van der Waals surface area contributed by atoms with E-state index in [-0.39, 0.29) is 11.3 Å². The van der Waals surface area contributed by atoms with E-state index in [9.17, 15) is 14.9 Å². The Balaban J connectivity index is 3.09. The lowest BCUT2D eigenvalue weighted by atomic mass is 10.2. The second kappa shape index (κ2) is 5.72. The molecular weight excluding hydrogens is 254 g/mol. The zero-order valence-electron chi connectivity index (χ0n) is 8.05. The van der Waals surface area contributed by atoms with Crippen molar-refractivity contribution < 1.29 is 14.8 Å². The number of hydrogen-bond donors (Lipinski definition) is 1. The molecule has 7 heteroatoms. The van der Waals surface area contributed by atoms with Crippen LogP contribution in [0.4, 0.5) is 5.69 Å². The Morgan fingerprint density at radius 1 is 1.56 bits per heavy atom. The minimum Gasteiger partial charge on any atom is -0.478 e. The van der Waals surface area contributed by atoms with Crippen molar-refractivity contribution in [3.8, 4) is 0 Å². The molecule has 0 radical (unpaired) electrons. The molecule has 16 heavy (non-hydrogen) atoms. The standard InChI is InChI=1S/C9H8ClNO4S/c10-3-4-16-8-2-1-6(9(12)13)5-7(8)11(14)15/h1-2,5H,3-4H2,(H,12,13). The van der Waals surface area contributed by atoms with Gasteiger partial charge >= 0.3 is 5.97 Å². The first-order chi connectivity index (χ1) is 7.56. The number of nitro groups is 1. The summed E-state index contributed by atoms with van der Waals surface area (Å²) in [5.41, 5.74) is -0.294. The van der Waals surface area contributed by atoms with Gasteiger partial charge in [-0.25, -0.2) is 4.79 Å². The third-order valence-electron chi connectivity index (χ3n) is 1.74. The third kappa shape index (κ3) is 3.11. The zero-order chi connectivity index (χ0) is 12.1. The van der Waals surface area contributed by atoms with E-state index < -0.39 is 10.9 Å². The second-order valence-electron chi connectivity index (χ2n) is 2.78. The summed E-state index contributed by atoms with van der Waals surface area (Å²) in [4.78, 5) is 21.2. The fraction of sp³-hybridized carbons (Fsp3) is 0.222. The highest BCUT2D eigenvalue weighted by Gasteiger charge is 2.17. The van der Waals surface area contributed by atoms with Gasteiger partial charge in [0.2, 0.25) is 0 Å². The number of carbonyl (C=O) groups is 1. The van der Waals surface area contributed by atoms with Gasteiger partial charge in [0, 0.05) is 17.7 Å². The average Bonchev–Trinajstić information content (AvgIpc) is 2.25. The number of hydrogen-bond acceptors (Lipinski definition) is 4. The van der Waals surface area contributed by atoms with Crippen LogP contribution < -0.4 is 0 Å². The SMILES string of the molecule is O=C(O)c1ccc(SCCCl)c([N+](=O)[O-])c1. The molecule has 0 aromatic heterocycles. The number of carboxylic acids is 1. The molecule has 0 amide bonds. The Kier molecular flexibility index (Phi) is 4.57. The van der Waals surface area contributed by atoms with Gasteiger partial charge < -0.3 is 5.11 Å². The highest BCUT2D eigenvalue weighted by atomic mass is 35.5. The quantitative estimate of drug-likeness (QED) is 0.381. The summed E-state index contributed by atoms with van der Waals surface area (Å²) in [5, 5.41) is 19.4. The van der Waals surface area contributed by atoms with E-state index in [1.807, 2.05) is 0 Å². The summed E-state index contributed by atoms with van der Waals surface area (Å²) in [6, 6.07) is 3.82. The van der Waals surface area contributed by atoms with E-state index in [0.717, 1.165) is 6.07 Å². The molecule has 1 aromatic carbocycles. The number of thioether (sulfide) groups is 1. The van der Waals surface area contributed by atoms with Gasteiger partial charge in [0.1, 0.15) is 0 Å². The van der Waals surface area contributed by atoms with Crippen LogP contribution in [0.5, 0.6) is 0 Å². The van der Waals surface area contributed by atoms with Gasteiger partial charge in [-0.3, -0.25) is 10.1 Å². The first-order valence-electron chi connectivity index (χ1n) is 4.26. The highest BCUT2D eigenvalue weighted by Crippen LogP contribution is 2.30. The summed E-state index contributed by atoms with van der Waals surface area (Å²) >= 11 is 6.71. The second-order valence-corrected chi connectivity index (χ2v) is 4.30. The van der Waals surface area contributed by atoms with Crippen molar-refractivity contribution in [2.45, 2.75) is 4.90 Å². The molecule has 0 atom stereocenters. The van der Waals surface area contributed by atoms with Gasteiger partial charge in [0.15, 0.2) is 0 Å². The largest absolute Gasteiger partial charge is 0.478 e. The summed E-state index contributed by atoms with van der Waals surface area (Å²) < 4.78 is 0. The number of nitrogens with zero attached hydrogens (tertiary/aromatic N) is 1. The van der Waals surface area contributed by atoms with Crippen LogP contribution in [0.25, 0.3) is 0 Å². The fourth-order valence-electron chi connectivity index (χ4n) is 1.06. The first-order valence-corrected chi connectivity index (χ1v) is 5.78. The Labute approximate surface area is 101 Å². The van der Waals surface area contributed by atoms with Crippen molar-refractivity contribution in [1.82, 2.24) is 0 Å². The monoisotopic (exact) mass is 261 g/mol. The lowest BCUT2D eigenvalue weighted by Crippen LogP contribution is -1.99. The van der Waals surface area contributed by atoms with Gasteiger partial charge in [-0.15, -0.1) is 23.4 Å². The molecule has 1 rings (SSSR count). The van der Waals surface area contributed by atoms with E-state index >= 15 is 0 Å². The van der Waals surface area contributed by atoms with E-state index in [1.165, 1.54) is 23.9 Å². The fourth-order valence-corrected chi connectivity index (χ4v) is 2.04. The molecule has 0 saturated carbocycles. The lowest BCUT2D eigenvalue weighted by molar-refractivity contribution is -0.387. The number of nitro benzene ring substituents is 1. The Morgan fingerprint density at radius 3 is 2.75 bits per heavy atom. The molecule has 0 fully saturated rings. The molecule has 1 N–H and O–H groups in total. The molecular formula is C9H8ClNO4S. The van der Waals surface area contributed by atoms with Gasteiger partial charge in [0.25, 0.3) is 5.69 Å². The number of aromatic carboxylic acids is 1. The number of rotatable bonds is 5. The smallest absolute Gasteiger partial charge is 0.335 e. The minimum absolute atomic E-state index is 0.0954. The number of alkyl halides is 1. The van der Waals surface area contributed by atoms with Crippen LogP contribution in [0.2, 0.25) is 0 Å². The van der Waals surface area contributed by atoms with Crippen molar-refractivity contribution >= 4 is 35.0 Å². The lowest BCUT2D eigenvalue weighted by Gasteiger charge is -2.02. The van der Waals surface area contributed by atoms with Crippen molar-refractivity contribution in [2.75, 3.05) is 11.6 Å². The van der Waals surface area contributed by atoms with E-state index in [4.69, 9.17) is 16.7 Å². The van der Waals surface area contributed by atoms with Crippen molar-refractivity contribution in [3.05, 3.63) is 33.9 Å². The molecule has 0 aliphatic rings. The maximum Gasteiger partial charge on any atom is 0.335 e. The summed E-state index contributed by atoms with van der Waals surface area (Å²) in [7, 11) is 0. The van der Waals surface area contributed by atoms with Crippen molar-refractivity contribution in [1.29, 1.82) is 0 Å². The topological polar surface area (TPSA) is 80.4 Å². The van der Waals surface area contributed by atoms with Gasteiger partial charge in [0.05, 0.1) is 15.4 Å². The average molecular weight is 262 g/mol. The van der Waals surface area contributed by atoms with Crippen LogP contribution in [-0.4, -0.2) is 27.6 Å². The van der Waals surface area contributed by atoms with E-state index in [0.29, 0.717) is 16.5 Å². The maximum absolute atomic E-state index is 10.7. The van der Waals surface area contributed by atoms with Crippen LogP contribution in [0.3, 0.4) is 0 Å².